The van der Waals surface area contributed by atoms with Crippen LogP contribution in [0.1, 0.15) is 0 Å². The fraction of sp³-hybridized carbons (Fsp3) is 0.957. The average molecular weight is 1020 g/mol. The van der Waals surface area contributed by atoms with Crippen LogP contribution in [0.25, 0.3) is 0 Å². The molecule has 0 amide bonds. The Morgan fingerprint density at radius 3 is 1.24 bits per heavy atom. The highest BCUT2D eigenvalue weighted by molar-refractivity contribution is 7.45. The SMILES string of the molecule is NC1[C@@H](OP(=O)([O-])O)OC(CO)[C@@H](O)[C@@H]1O.O=C(O)C1O[C@H](OP(=O)([O-])O)C(O)[C@@H](O)[C@@H]1O.O=P([O-])(O)O[C@H]1OC(CO)[C@@H](O)[C@H](O)C1O.O=P([O-])(O)O[C@H]1OC[C@@H](O)[C@H](O)C1O. The Balaban J connectivity index is 0.000000421. The van der Waals surface area contributed by atoms with E-state index in [0.29, 0.717) is 0 Å². The summed E-state index contributed by atoms with van der Waals surface area (Å²) < 4.78 is 75.6. The highest BCUT2D eigenvalue weighted by Gasteiger charge is 2.49. The third-order valence-corrected chi connectivity index (χ3v) is 9.89. The first kappa shape index (κ1) is 60.2. The lowest BCUT2D eigenvalue weighted by molar-refractivity contribution is -0.303. The number of aliphatic hydroxyl groups is 13. The van der Waals surface area contributed by atoms with Gasteiger partial charge in [0.2, 0.25) is 0 Å². The molecule has 0 aromatic carbocycles. The van der Waals surface area contributed by atoms with Crippen LogP contribution in [-0.4, -0.2) is 234 Å². The summed E-state index contributed by atoms with van der Waals surface area (Å²) in [6.07, 6.45) is -30.8. The first-order valence-corrected chi connectivity index (χ1v) is 22.6. The van der Waals surface area contributed by atoms with Crippen molar-refractivity contribution in [1.82, 2.24) is 0 Å². The van der Waals surface area contributed by atoms with E-state index in [1.807, 2.05) is 0 Å². The summed E-state index contributed by atoms with van der Waals surface area (Å²) in [7, 11) is -20.6. The predicted molar refractivity (Wildman–Crippen MR) is 175 cm³/mol. The minimum absolute atomic E-state index is 0.400. The molecule has 20 N–H and O–H groups in total. The van der Waals surface area contributed by atoms with Gasteiger partial charge in [-0.15, -0.1) is 0 Å². The fourth-order valence-electron chi connectivity index (χ4n) is 4.89. The summed E-state index contributed by atoms with van der Waals surface area (Å²) in [5.41, 5.74) is 5.32. The van der Waals surface area contributed by atoms with Gasteiger partial charge in [0.05, 0.1) is 25.9 Å². The van der Waals surface area contributed by atoms with E-state index in [1.165, 1.54) is 0 Å². The van der Waals surface area contributed by atoms with Crippen LogP contribution in [0.3, 0.4) is 0 Å². The number of aliphatic carboxylic acids is 1. The van der Waals surface area contributed by atoms with Crippen LogP contribution >= 0.6 is 31.3 Å². The number of phosphoric acid groups is 4. The molecule has 4 heterocycles. The average Bonchev–Trinajstić information content (AvgIpc) is 3.14. The summed E-state index contributed by atoms with van der Waals surface area (Å²) >= 11 is 0. The van der Waals surface area contributed by atoms with Gasteiger partial charge in [0, 0.05) is 0 Å². The number of nitrogens with two attached hydrogens (primary N) is 1. The normalized spacial score (nSPS) is 43.2. The second-order valence-electron chi connectivity index (χ2n) is 12.8. The maximum Gasteiger partial charge on any atom is 0.335 e. The second-order valence-corrected chi connectivity index (χ2v) is 17.4. The molecular formula is C23H45NO35P4-4. The summed E-state index contributed by atoms with van der Waals surface area (Å²) in [5.74, 6) is -1.70. The molecule has 4 rings (SSSR count). The van der Waals surface area contributed by atoms with Crippen molar-refractivity contribution >= 4 is 37.3 Å². The van der Waals surface area contributed by atoms with Crippen molar-refractivity contribution in [3.05, 3.63) is 0 Å². The van der Waals surface area contributed by atoms with Gasteiger partial charge in [-0.1, -0.05) is 0 Å². The quantitative estimate of drug-likeness (QED) is 0.0855. The maximum atomic E-state index is 10.6. The van der Waals surface area contributed by atoms with Gasteiger partial charge >= 0.3 is 5.97 Å². The molecule has 4 fully saturated rings. The van der Waals surface area contributed by atoms with Gasteiger partial charge in [0.15, 0.2) is 31.3 Å². The van der Waals surface area contributed by atoms with Crippen molar-refractivity contribution in [3.8, 4) is 0 Å². The number of hydrogen-bond donors (Lipinski definition) is 19. The van der Waals surface area contributed by atoms with Crippen LogP contribution in [0.4, 0.5) is 0 Å². The molecule has 4 saturated heterocycles. The monoisotopic (exact) mass is 1020 g/mol. The zero-order valence-electron chi connectivity index (χ0n) is 30.9. The third kappa shape index (κ3) is 19.7. The Labute approximate surface area is 350 Å². The number of carboxylic acid groups (broad SMARTS) is 1. The Hall–Kier alpha value is -0.810. The fourth-order valence-corrected chi connectivity index (χ4v) is 6.66. The molecular weight excluding hydrogens is 974 g/mol. The molecule has 0 aliphatic carbocycles. The van der Waals surface area contributed by atoms with Gasteiger partial charge in [-0.05, 0) is 0 Å². The van der Waals surface area contributed by atoms with Crippen molar-refractivity contribution in [2.24, 2.45) is 5.73 Å². The molecule has 36 nitrogen and oxygen atoms in total. The molecule has 376 valence electrons. The number of carbonyl (C=O) groups is 1. The number of carboxylic acids is 1. The lowest BCUT2D eigenvalue weighted by atomic mass is 9.98. The molecule has 23 atom stereocenters. The molecule has 0 radical (unpaired) electrons. The van der Waals surface area contributed by atoms with E-state index in [9.17, 15) is 83.5 Å². The number of rotatable bonds is 11. The van der Waals surface area contributed by atoms with E-state index in [-0.39, 0.29) is 0 Å². The smallest absolute Gasteiger partial charge is 0.335 e. The number of hydrogen-bond acceptors (Lipinski definition) is 31. The van der Waals surface area contributed by atoms with Crippen molar-refractivity contribution < 1.29 is 171 Å². The molecule has 0 saturated carbocycles. The van der Waals surface area contributed by atoms with E-state index in [2.05, 4.69) is 32.3 Å². The highest BCUT2D eigenvalue weighted by atomic mass is 31.2. The summed E-state index contributed by atoms with van der Waals surface area (Å²) in [6.45, 7) is -1.79. The molecule has 0 bridgehead atoms. The summed E-state index contributed by atoms with van der Waals surface area (Å²) in [6, 6.07) is -1.37. The van der Waals surface area contributed by atoms with E-state index in [0.717, 1.165) is 0 Å². The van der Waals surface area contributed by atoms with E-state index < -0.39 is 174 Å². The molecule has 4 aliphatic rings. The topological polar surface area (TPSA) is 642 Å². The maximum absolute atomic E-state index is 10.6. The van der Waals surface area contributed by atoms with Gasteiger partial charge < -0.3 is 135 Å². The Morgan fingerprint density at radius 1 is 0.508 bits per heavy atom. The van der Waals surface area contributed by atoms with Crippen LogP contribution < -0.4 is 25.3 Å². The van der Waals surface area contributed by atoms with Crippen LogP contribution in [0.15, 0.2) is 0 Å². The molecule has 0 aromatic heterocycles. The Kier molecular flexibility index (Phi) is 23.9. The van der Waals surface area contributed by atoms with Crippen molar-refractivity contribution in [2.75, 3.05) is 19.8 Å². The van der Waals surface area contributed by atoms with E-state index >= 15 is 0 Å². The van der Waals surface area contributed by atoms with Gasteiger partial charge in [0.1, 0.15) is 79.4 Å². The number of ether oxygens (including phenoxy) is 4. The Morgan fingerprint density at radius 2 is 0.841 bits per heavy atom. The van der Waals surface area contributed by atoms with Gasteiger partial charge in [-0.2, -0.15) is 0 Å². The van der Waals surface area contributed by atoms with Crippen LogP contribution in [0, 0.1) is 0 Å². The predicted octanol–water partition coefficient (Wildman–Crippen LogP) is -14.2. The summed E-state index contributed by atoms with van der Waals surface area (Å²) in [5, 5.41) is 128. The first-order chi connectivity index (χ1) is 28.5. The number of phosphoric ester groups is 4. The number of aliphatic hydroxyl groups excluding tert-OH is 13. The molecule has 11 unspecified atom stereocenters. The summed E-state index contributed by atoms with van der Waals surface area (Å²) in [4.78, 5) is 85.5. The largest absolute Gasteiger partial charge is 0.756 e. The lowest BCUT2D eigenvalue weighted by Crippen LogP contribution is -2.62. The first-order valence-electron chi connectivity index (χ1n) is 16.6. The molecule has 63 heavy (non-hydrogen) atoms. The van der Waals surface area contributed by atoms with Gasteiger partial charge in [-0.25, -0.2) is 4.79 Å². The minimum atomic E-state index is -5.30. The molecule has 0 spiro atoms. The van der Waals surface area contributed by atoms with E-state index in [4.69, 9.17) is 60.7 Å². The van der Waals surface area contributed by atoms with E-state index in [1.54, 1.807) is 0 Å². The lowest BCUT2D eigenvalue weighted by Gasteiger charge is -2.41. The van der Waals surface area contributed by atoms with Crippen LogP contribution in [0.2, 0.25) is 0 Å². The highest BCUT2D eigenvalue weighted by Crippen LogP contribution is 2.39. The zero-order chi connectivity index (χ0) is 49.3. The van der Waals surface area contributed by atoms with Crippen molar-refractivity contribution in [3.63, 3.8) is 0 Å². The molecule has 40 heteroatoms. The van der Waals surface area contributed by atoms with Gasteiger partial charge in [-0.3, -0.25) is 36.4 Å². The van der Waals surface area contributed by atoms with Crippen LogP contribution in [-0.2, 0) is 60.1 Å². The van der Waals surface area contributed by atoms with Crippen LogP contribution in [0.5, 0.6) is 0 Å². The second kappa shape index (κ2) is 25.0. The zero-order valence-corrected chi connectivity index (χ0v) is 34.5. The van der Waals surface area contributed by atoms with Crippen molar-refractivity contribution in [2.45, 2.75) is 117 Å². The molecule has 4 aliphatic heterocycles. The van der Waals surface area contributed by atoms with Gasteiger partial charge in [0.25, 0.3) is 31.3 Å². The standard InChI is InChI=1S/C6H14NO8P.C6H11O10P.C6H13O9P.C5H11O8P/c7-3-5(10)4(9)2(1-8)14-6(3)15-16(11,12)13;7-1-2(8)4(5(10)11)15-6(3(1)9)16-17(12,13)14;7-1-2-3(8)4(9)5(10)6(14-2)15-16(11,12)13;6-2-1-12-5(4(8)3(2)7)13-14(9,10)11/h2-6,8-10H,1,7H2,(H2,11,12,13);1-4,6-9H,(H,10,11)(H2,12,13,14);2-10H,1H2,(H2,11,12,13);2-8H,1H2,(H2,9,10,11)/p-4/t2?,3?,4-,5-,6-;1-,2-,3?,4?,6+;2?,3-,4+,5?,6-;2-,3+,4?,5-/m1011/s1. The minimum Gasteiger partial charge on any atom is -0.756 e. The molecule has 0 aromatic rings. The van der Waals surface area contributed by atoms with Crippen molar-refractivity contribution in [1.29, 1.82) is 0 Å². The third-order valence-electron chi connectivity index (χ3n) is 7.99. The Bertz CT molecular complexity index is 1530.